The zero-order valence-corrected chi connectivity index (χ0v) is 15.3. The van der Waals surface area contributed by atoms with Crippen molar-refractivity contribution in [1.29, 1.82) is 0 Å². The molecule has 0 fully saturated rings. The van der Waals surface area contributed by atoms with Crippen molar-refractivity contribution in [3.05, 3.63) is 35.2 Å². The maximum Gasteiger partial charge on any atom is 0.408 e. The highest BCUT2D eigenvalue weighted by molar-refractivity contribution is 7.98. The largest absolute Gasteiger partial charge is 0.408 e. The fourth-order valence-electron chi connectivity index (χ4n) is 2.37. The first-order valence-corrected chi connectivity index (χ1v) is 8.99. The van der Waals surface area contributed by atoms with Gasteiger partial charge < -0.3 is 5.32 Å². The van der Waals surface area contributed by atoms with E-state index in [9.17, 15) is 22.0 Å². The Bertz CT molecular complexity index is 983. The first-order valence-electron chi connectivity index (χ1n) is 7.39. The number of rotatable bonds is 4. The quantitative estimate of drug-likeness (QED) is 0.371. The molecule has 12 heteroatoms. The first-order chi connectivity index (χ1) is 12.6. The molecule has 0 bridgehead atoms. The molecule has 2 heterocycles. The average molecular weight is 424 g/mol. The SMILES string of the molecule is CSc1cc(F)c(-c2c(Cl)nc3ncnn3c2N[C@@H](C)C(F)(F)F)c(F)c1. The lowest BCUT2D eigenvalue weighted by molar-refractivity contribution is -0.138. The molecule has 3 rings (SSSR count). The number of hydrogen-bond donors (Lipinski definition) is 1. The number of aromatic nitrogens is 4. The molecule has 0 aliphatic carbocycles. The Morgan fingerprint density at radius 2 is 1.81 bits per heavy atom. The smallest absolute Gasteiger partial charge is 0.358 e. The van der Waals surface area contributed by atoms with Crippen LogP contribution in [-0.4, -0.2) is 38.1 Å². The van der Waals surface area contributed by atoms with Gasteiger partial charge in [-0.2, -0.15) is 32.8 Å². The molecule has 1 N–H and O–H groups in total. The van der Waals surface area contributed by atoms with Gasteiger partial charge in [0.2, 0.25) is 0 Å². The standard InChI is InChI=1S/C15H11ClF5N5S/c1-6(15(19,20)21)24-13-11(12(16)25-14-22-5-23-26(13)14)10-8(17)3-7(27-2)4-9(10)18/h3-6,24H,1-2H3/t6-/m0/s1. The van der Waals surface area contributed by atoms with Gasteiger partial charge in [-0.1, -0.05) is 11.6 Å². The summed E-state index contributed by atoms with van der Waals surface area (Å²) < 4.78 is 69.3. The zero-order valence-electron chi connectivity index (χ0n) is 13.8. The molecule has 2 aromatic heterocycles. The van der Waals surface area contributed by atoms with E-state index >= 15 is 0 Å². The lowest BCUT2D eigenvalue weighted by Crippen LogP contribution is -2.34. The Hall–Kier alpha value is -2.14. The molecule has 1 atom stereocenters. The predicted octanol–water partition coefficient (Wildman–Crippen LogP) is 4.81. The fourth-order valence-corrected chi connectivity index (χ4v) is 3.07. The van der Waals surface area contributed by atoms with Gasteiger partial charge in [-0.05, 0) is 25.3 Å². The Morgan fingerprint density at radius 1 is 1.19 bits per heavy atom. The van der Waals surface area contributed by atoms with E-state index < -0.39 is 34.6 Å². The van der Waals surface area contributed by atoms with E-state index in [2.05, 4.69) is 20.4 Å². The second kappa shape index (κ2) is 7.12. The van der Waals surface area contributed by atoms with Gasteiger partial charge in [0.1, 0.15) is 35.0 Å². The van der Waals surface area contributed by atoms with Gasteiger partial charge in [0.25, 0.3) is 5.78 Å². The Kier molecular flexibility index (Phi) is 5.17. The van der Waals surface area contributed by atoms with Crippen LogP contribution in [0.1, 0.15) is 6.92 Å². The lowest BCUT2D eigenvalue weighted by atomic mass is 10.1. The number of thioether (sulfide) groups is 1. The third-order valence-corrected chi connectivity index (χ3v) is 4.71. The second-order valence-electron chi connectivity index (χ2n) is 5.47. The maximum absolute atomic E-state index is 14.6. The molecule has 3 aromatic rings. The van der Waals surface area contributed by atoms with Crippen LogP contribution in [0.3, 0.4) is 0 Å². The number of anilines is 1. The second-order valence-corrected chi connectivity index (χ2v) is 6.71. The third kappa shape index (κ3) is 3.65. The van der Waals surface area contributed by atoms with Crippen LogP contribution in [0.25, 0.3) is 16.9 Å². The van der Waals surface area contributed by atoms with Crippen LogP contribution >= 0.6 is 23.4 Å². The first kappa shape index (κ1) is 19.6. The molecule has 0 aliphatic heterocycles. The molecule has 0 unspecified atom stereocenters. The average Bonchev–Trinajstić information content (AvgIpc) is 3.03. The van der Waals surface area contributed by atoms with E-state index in [4.69, 9.17) is 11.6 Å². The molecule has 0 saturated carbocycles. The van der Waals surface area contributed by atoms with Crippen LogP contribution in [0.4, 0.5) is 27.8 Å². The number of halogens is 6. The molecule has 0 saturated heterocycles. The summed E-state index contributed by atoms with van der Waals surface area (Å²) in [6.07, 6.45) is -1.96. The minimum Gasteiger partial charge on any atom is -0.358 e. The monoisotopic (exact) mass is 423 g/mol. The van der Waals surface area contributed by atoms with E-state index in [-0.39, 0.29) is 17.2 Å². The van der Waals surface area contributed by atoms with Gasteiger partial charge >= 0.3 is 6.18 Å². The number of fused-ring (bicyclic) bond motifs is 1. The van der Waals surface area contributed by atoms with Crippen molar-refractivity contribution in [3.63, 3.8) is 0 Å². The highest BCUT2D eigenvalue weighted by Crippen LogP contribution is 2.39. The zero-order chi connectivity index (χ0) is 19.9. The van der Waals surface area contributed by atoms with E-state index in [1.165, 1.54) is 0 Å². The molecule has 5 nitrogen and oxygen atoms in total. The van der Waals surface area contributed by atoms with Crippen molar-refractivity contribution >= 4 is 35.0 Å². The van der Waals surface area contributed by atoms with Gasteiger partial charge in [0.15, 0.2) is 0 Å². The molecule has 0 radical (unpaired) electrons. The minimum absolute atomic E-state index is 0.123. The highest BCUT2D eigenvalue weighted by Gasteiger charge is 2.37. The lowest BCUT2D eigenvalue weighted by Gasteiger charge is -2.21. The van der Waals surface area contributed by atoms with Gasteiger partial charge in [-0.3, -0.25) is 0 Å². The molecule has 0 aliphatic rings. The molecule has 0 amide bonds. The van der Waals surface area contributed by atoms with Gasteiger partial charge in [-0.25, -0.2) is 8.78 Å². The molecule has 144 valence electrons. The summed E-state index contributed by atoms with van der Waals surface area (Å²) in [5, 5.41) is 5.54. The summed E-state index contributed by atoms with van der Waals surface area (Å²) in [5.41, 5.74) is -0.993. The Morgan fingerprint density at radius 3 is 2.37 bits per heavy atom. The number of alkyl halides is 3. The molecular weight excluding hydrogens is 413 g/mol. The van der Waals surface area contributed by atoms with Crippen molar-refractivity contribution in [2.75, 3.05) is 11.6 Å². The Balaban J connectivity index is 2.30. The predicted molar refractivity (Wildman–Crippen MR) is 92.1 cm³/mol. The van der Waals surface area contributed by atoms with E-state index in [0.29, 0.717) is 4.90 Å². The van der Waals surface area contributed by atoms with Gasteiger partial charge in [0.05, 0.1) is 11.1 Å². The maximum atomic E-state index is 14.6. The van der Waals surface area contributed by atoms with Crippen LogP contribution in [0, 0.1) is 11.6 Å². The summed E-state index contributed by atoms with van der Waals surface area (Å²) in [4.78, 5) is 7.93. The minimum atomic E-state index is -4.63. The molecule has 1 aromatic carbocycles. The number of benzene rings is 1. The van der Waals surface area contributed by atoms with Crippen molar-refractivity contribution in [2.45, 2.75) is 24.0 Å². The normalized spacial score (nSPS) is 13.2. The fraction of sp³-hybridized carbons (Fsp3) is 0.267. The van der Waals surface area contributed by atoms with E-state index in [0.717, 1.165) is 41.7 Å². The molecular formula is C15H11ClF5N5S. The number of hydrogen-bond acceptors (Lipinski definition) is 5. The van der Waals surface area contributed by atoms with Gasteiger partial charge in [0, 0.05) is 4.90 Å². The summed E-state index contributed by atoms with van der Waals surface area (Å²) in [5.74, 6) is -2.49. The highest BCUT2D eigenvalue weighted by atomic mass is 35.5. The third-order valence-electron chi connectivity index (χ3n) is 3.73. The van der Waals surface area contributed by atoms with Crippen molar-refractivity contribution in [2.24, 2.45) is 0 Å². The van der Waals surface area contributed by atoms with Crippen LogP contribution in [0.2, 0.25) is 5.15 Å². The van der Waals surface area contributed by atoms with E-state index in [1.807, 2.05) is 0 Å². The topological polar surface area (TPSA) is 55.1 Å². The van der Waals surface area contributed by atoms with Crippen molar-refractivity contribution in [1.82, 2.24) is 19.6 Å². The summed E-state index contributed by atoms with van der Waals surface area (Å²) in [7, 11) is 0. The molecule has 27 heavy (non-hydrogen) atoms. The summed E-state index contributed by atoms with van der Waals surface area (Å²) in [6.45, 7) is 0.852. The Labute approximate surface area is 158 Å². The van der Waals surface area contributed by atoms with E-state index in [1.54, 1.807) is 6.26 Å². The number of nitrogens with one attached hydrogen (secondary N) is 1. The van der Waals surface area contributed by atoms with Crippen molar-refractivity contribution < 1.29 is 22.0 Å². The van der Waals surface area contributed by atoms with Gasteiger partial charge in [-0.15, -0.1) is 11.8 Å². The van der Waals surface area contributed by atoms with Crippen LogP contribution in [0.5, 0.6) is 0 Å². The number of nitrogens with zero attached hydrogens (tertiary/aromatic N) is 4. The van der Waals surface area contributed by atoms with Crippen LogP contribution in [0.15, 0.2) is 23.4 Å². The molecule has 0 spiro atoms. The van der Waals surface area contributed by atoms with Crippen LogP contribution < -0.4 is 5.32 Å². The van der Waals surface area contributed by atoms with Crippen molar-refractivity contribution in [3.8, 4) is 11.1 Å². The van der Waals surface area contributed by atoms with Crippen LogP contribution in [-0.2, 0) is 0 Å². The summed E-state index contributed by atoms with van der Waals surface area (Å²) in [6, 6.07) is 0.0582. The summed E-state index contributed by atoms with van der Waals surface area (Å²) >= 11 is 7.17.